The van der Waals surface area contributed by atoms with Crippen LogP contribution in [0.3, 0.4) is 0 Å². The van der Waals surface area contributed by atoms with Gasteiger partial charge in [0, 0.05) is 17.6 Å². The van der Waals surface area contributed by atoms with Gasteiger partial charge in [-0.1, -0.05) is 0 Å². The molecule has 0 spiro atoms. The standard InChI is InChI=1S/C16H19FN4O/c17-11-3-1-10(2-4-11)14-9-15(21-20-14)16(22)19-13-7-5-12(18)6-8-13/h1-4,9,12-13H,5-8,18H2,(H,19,22)(H,20,21). The Kier molecular flexibility index (Phi) is 4.20. The van der Waals surface area contributed by atoms with Gasteiger partial charge < -0.3 is 11.1 Å². The first-order valence-corrected chi connectivity index (χ1v) is 7.49. The van der Waals surface area contributed by atoms with Crippen LogP contribution in [-0.2, 0) is 0 Å². The van der Waals surface area contributed by atoms with Crippen LogP contribution in [0.5, 0.6) is 0 Å². The van der Waals surface area contributed by atoms with Crippen LogP contribution in [-0.4, -0.2) is 28.2 Å². The maximum atomic E-state index is 12.9. The summed E-state index contributed by atoms with van der Waals surface area (Å²) < 4.78 is 12.9. The van der Waals surface area contributed by atoms with Crippen molar-refractivity contribution < 1.29 is 9.18 Å². The Morgan fingerprint density at radius 2 is 1.91 bits per heavy atom. The van der Waals surface area contributed by atoms with E-state index in [1.807, 2.05) is 0 Å². The zero-order valence-corrected chi connectivity index (χ0v) is 12.2. The maximum absolute atomic E-state index is 12.9. The summed E-state index contributed by atoms with van der Waals surface area (Å²) in [5.74, 6) is -0.464. The second-order valence-electron chi connectivity index (χ2n) is 5.76. The van der Waals surface area contributed by atoms with Crippen molar-refractivity contribution in [2.75, 3.05) is 0 Å². The number of halogens is 1. The third kappa shape index (κ3) is 3.33. The number of nitrogens with zero attached hydrogens (tertiary/aromatic N) is 1. The first-order valence-electron chi connectivity index (χ1n) is 7.49. The van der Waals surface area contributed by atoms with E-state index in [9.17, 15) is 9.18 Å². The minimum Gasteiger partial charge on any atom is -0.348 e. The molecule has 1 aliphatic carbocycles. The number of amides is 1. The number of benzene rings is 1. The lowest BCUT2D eigenvalue weighted by Crippen LogP contribution is -2.40. The second-order valence-corrected chi connectivity index (χ2v) is 5.76. The Bertz CT molecular complexity index is 644. The molecular weight excluding hydrogens is 283 g/mol. The van der Waals surface area contributed by atoms with Crippen LogP contribution < -0.4 is 11.1 Å². The zero-order valence-electron chi connectivity index (χ0n) is 12.2. The number of aromatic nitrogens is 2. The van der Waals surface area contributed by atoms with Crippen molar-refractivity contribution >= 4 is 5.91 Å². The molecule has 2 aromatic rings. The number of aromatic amines is 1. The third-order valence-electron chi connectivity index (χ3n) is 4.07. The minimum absolute atomic E-state index is 0.165. The zero-order chi connectivity index (χ0) is 15.5. The molecule has 3 rings (SSSR count). The Hall–Kier alpha value is -2.21. The van der Waals surface area contributed by atoms with Crippen LogP contribution in [0.25, 0.3) is 11.3 Å². The van der Waals surface area contributed by atoms with Gasteiger partial charge in [0.2, 0.25) is 0 Å². The summed E-state index contributed by atoms with van der Waals surface area (Å²) in [6, 6.07) is 8.11. The summed E-state index contributed by atoms with van der Waals surface area (Å²) in [6.07, 6.45) is 3.70. The first-order chi connectivity index (χ1) is 10.6. The smallest absolute Gasteiger partial charge is 0.269 e. The molecular formula is C16H19FN4O. The monoisotopic (exact) mass is 302 g/mol. The average Bonchev–Trinajstić information content (AvgIpc) is 3.00. The molecule has 0 radical (unpaired) electrons. The molecule has 1 aromatic carbocycles. The van der Waals surface area contributed by atoms with Crippen molar-refractivity contribution in [1.29, 1.82) is 0 Å². The molecule has 1 amide bonds. The van der Waals surface area contributed by atoms with Crippen LogP contribution in [0.15, 0.2) is 30.3 Å². The molecule has 0 bridgehead atoms. The molecule has 5 nitrogen and oxygen atoms in total. The summed E-state index contributed by atoms with van der Waals surface area (Å²) in [7, 11) is 0. The number of carbonyl (C=O) groups is 1. The van der Waals surface area contributed by atoms with Crippen molar-refractivity contribution in [3.05, 3.63) is 41.8 Å². The van der Waals surface area contributed by atoms with Crippen LogP contribution >= 0.6 is 0 Å². The van der Waals surface area contributed by atoms with Gasteiger partial charge in [-0.25, -0.2) is 4.39 Å². The van der Waals surface area contributed by atoms with Crippen LogP contribution in [0, 0.1) is 5.82 Å². The van der Waals surface area contributed by atoms with E-state index in [-0.39, 0.29) is 23.8 Å². The summed E-state index contributed by atoms with van der Waals surface area (Å²) in [5.41, 5.74) is 7.66. The van der Waals surface area contributed by atoms with E-state index in [0.29, 0.717) is 11.4 Å². The number of nitrogens with two attached hydrogens (primary N) is 1. The van der Waals surface area contributed by atoms with Crippen molar-refractivity contribution in [2.45, 2.75) is 37.8 Å². The predicted octanol–water partition coefficient (Wildman–Crippen LogP) is 2.22. The van der Waals surface area contributed by atoms with Gasteiger partial charge in [-0.05, 0) is 56.0 Å². The molecule has 1 heterocycles. The van der Waals surface area contributed by atoms with Gasteiger partial charge in [-0.3, -0.25) is 9.89 Å². The van der Waals surface area contributed by atoms with Crippen molar-refractivity contribution in [3.63, 3.8) is 0 Å². The van der Waals surface area contributed by atoms with E-state index in [4.69, 9.17) is 5.73 Å². The van der Waals surface area contributed by atoms with Crippen LogP contribution in [0.1, 0.15) is 36.2 Å². The molecule has 1 aromatic heterocycles. The SMILES string of the molecule is NC1CCC(NC(=O)c2cc(-c3ccc(F)cc3)n[nH]2)CC1. The lowest BCUT2D eigenvalue weighted by atomic mass is 9.92. The molecule has 6 heteroatoms. The fourth-order valence-corrected chi connectivity index (χ4v) is 2.73. The van der Waals surface area contributed by atoms with Crippen molar-refractivity contribution in [3.8, 4) is 11.3 Å². The number of H-pyrrole nitrogens is 1. The first kappa shape index (κ1) is 14.7. The summed E-state index contributed by atoms with van der Waals surface area (Å²) in [5, 5.41) is 9.85. The number of hydrogen-bond donors (Lipinski definition) is 3. The number of nitrogens with one attached hydrogen (secondary N) is 2. The van der Waals surface area contributed by atoms with Crippen LogP contribution in [0.2, 0.25) is 0 Å². The topological polar surface area (TPSA) is 83.8 Å². The van der Waals surface area contributed by atoms with Gasteiger partial charge in [0.15, 0.2) is 0 Å². The highest BCUT2D eigenvalue weighted by molar-refractivity contribution is 5.93. The lowest BCUT2D eigenvalue weighted by molar-refractivity contribution is 0.0921. The summed E-state index contributed by atoms with van der Waals surface area (Å²) >= 11 is 0. The fraction of sp³-hybridized carbons (Fsp3) is 0.375. The highest BCUT2D eigenvalue weighted by Gasteiger charge is 2.21. The largest absolute Gasteiger partial charge is 0.348 e. The molecule has 0 aliphatic heterocycles. The Morgan fingerprint density at radius 3 is 2.59 bits per heavy atom. The summed E-state index contributed by atoms with van der Waals surface area (Å²) in [6.45, 7) is 0. The molecule has 1 fully saturated rings. The van der Waals surface area contributed by atoms with E-state index >= 15 is 0 Å². The van der Waals surface area contributed by atoms with Crippen molar-refractivity contribution in [1.82, 2.24) is 15.5 Å². The van der Waals surface area contributed by atoms with E-state index in [1.165, 1.54) is 12.1 Å². The van der Waals surface area contributed by atoms with Gasteiger partial charge in [0.05, 0.1) is 5.69 Å². The van der Waals surface area contributed by atoms with Crippen molar-refractivity contribution in [2.24, 2.45) is 5.73 Å². The van der Waals surface area contributed by atoms with Gasteiger partial charge in [0.1, 0.15) is 11.5 Å². The Balaban J connectivity index is 1.65. The molecule has 0 atom stereocenters. The molecule has 4 N–H and O–H groups in total. The maximum Gasteiger partial charge on any atom is 0.269 e. The quantitative estimate of drug-likeness (QED) is 0.813. The Morgan fingerprint density at radius 1 is 1.23 bits per heavy atom. The molecule has 0 unspecified atom stereocenters. The van der Waals surface area contributed by atoms with E-state index in [1.54, 1.807) is 18.2 Å². The molecule has 1 aliphatic rings. The van der Waals surface area contributed by atoms with Crippen LogP contribution in [0.4, 0.5) is 4.39 Å². The Labute approximate surface area is 128 Å². The average molecular weight is 302 g/mol. The normalized spacial score (nSPS) is 21.5. The highest BCUT2D eigenvalue weighted by Crippen LogP contribution is 2.19. The molecule has 116 valence electrons. The molecule has 1 saturated carbocycles. The van der Waals surface area contributed by atoms with Gasteiger partial charge in [-0.2, -0.15) is 5.10 Å². The van der Waals surface area contributed by atoms with E-state index < -0.39 is 0 Å². The predicted molar refractivity (Wildman–Crippen MR) is 81.7 cm³/mol. The number of rotatable bonds is 3. The van der Waals surface area contributed by atoms with Gasteiger partial charge in [-0.15, -0.1) is 0 Å². The van der Waals surface area contributed by atoms with E-state index in [2.05, 4.69) is 15.5 Å². The minimum atomic E-state index is -0.298. The second kappa shape index (κ2) is 6.27. The van der Waals surface area contributed by atoms with Gasteiger partial charge >= 0.3 is 0 Å². The number of hydrogen-bond acceptors (Lipinski definition) is 3. The summed E-state index contributed by atoms with van der Waals surface area (Å²) in [4.78, 5) is 12.2. The highest BCUT2D eigenvalue weighted by atomic mass is 19.1. The fourth-order valence-electron chi connectivity index (χ4n) is 2.73. The molecule has 22 heavy (non-hydrogen) atoms. The van der Waals surface area contributed by atoms with Gasteiger partial charge in [0.25, 0.3) is 5.91 Å². The molecule has 0 saturated heterocycles. The number of carbonyl (C=O) groups excluding carboxylic acids is 1. The third-order valence-corrected chi connectivity index (χ3v) is 4.07. The van der Waals surface area contributed by atoms with E-state index in [0.717, 1.165) is 31.2 Å². The lowest BCUT2D eigenvalue weighted by Gasteiger charge is -2.26.